The van der Waals surface area contributed by atoms with Crippen LogP contribution in [0.15, 0.2) is 55.0 Å². The van der Waals surface area contributed by atoms with Crippen molar-refractivity contribution in [2.75, 3.05) is 0 Å². The van der Waals surface area contributed by atoms with Crippen LogP contribution in [0.3, 0.4) is 0 Å². The van der Waals surface area contributed by atoms with Crippen molar-refractivity contribution in [2.24, 2.45) is 0 Å². The fourth-order valence-corrected chi connectivity index (χ4v) is 2.26. The molecule has 22 heavy (non-hydrogen) atoms. The van der Waals surface area contributed by atoms with E-state index in [9.17, 15) is 4.79 Å². The third-order valence-electron chi connectivity index (χ3n) is 3.37. The Morgan fingerprint density at radius 2 is 2.14 bits per heavy atom. The average molecular weight is 292 g/mol. The second kappa shape index (κ2) is 6.22. The molecule has 2 heterocycles. The van der Waals surface area contributed by atoms with Crippen LogP contribution in [0.4, 0.5) is 0 Å². The van der Waals surface area contributed by atoms with Gasteiger partial charge in [-0.3, -0.25) is 14.9 Å². The highest BCUT2D eigenvalue weighted by Crippen LogP contribution is 2.21. The molecule has 0 atom stereocenters. The van der Waals surface area contributed by atoms with Crippen molar-refractivity contribution >= 4 is 5.91 Å². The minimum Gasteiger partial charge on any atom is -0.348 e. The first kappa shape index (κ1) is 14.0. The highest BCUT2D eigenvalue weighted by atomic mass is 16.1. The number of pyridine rings is 1. The lowest BCUT2D eigenvalue weighted by molar-refractivity contribution is 0.0951. The summed E-state index contributed by atoms with van der Waals surface area (Å²) in [7, 11) is 0. The van der Waals surface area contributed by atoms with Gasteiger partial charge in [0.1, 0.15) is 0 Å². The van der Waals surface area contributed by atoms with Crippen LogP contribution in [0, 0.1) is 6.92 Å². The Morgan fingerprint density at radius 3 is 2.91 bits per heavy atom. The van der Waals surface area contributed by atoms with Crippen molar-refractivity contribution in [3.8, 4) is 11.3 Å². The van der Waals surface area contributed by atoms with Crippen molar-refractivity contribution in [1.82, 2.24) is 20.5 Å². The first-order chi connectivity index (χ1) is 10.7. The van der Waals surface area contributed by atoms with E-state index in [-0.39, 0.29) is 5.91 Å². The monoisotopic (exact) mass is 292 g/mol. The average Bonchev–Trinajstić information content (AvgIpc) is 3.03. The quantitative estimate of drug-likeness (QED) is 0.776. The topological polar surface area (TPSA) is 70.7 Å². The number of rotatable bonds is 4. The number of aromatic amines is 1. The van der Waals surface area contributed by atoms with Crippen LogP contribution in [0.5, 0.6) is 0 Å². The molecule has 110 valence electrons. The molecule has 0 spiro atoms. The zero-order chi connectivity index (χ0) is 15.4. The Labute approximate surface area is 128 Å². The molecule has 0 fully saturated rings. The zero-order valence-corrected chi connectivity index (χ0v) is 12.2. The van der Waals surface area contributed by atoms with E-state index >= 15 is 0 Å². The number of hydrogen-bond acceptors (Lipinski definition) is 3. The molecule has 5 heteroatoms. The van der Waals surface area contributed by atoms with Gasteiger partial charge < -0.3 is 5.32 Å². The van der Waals surface area contributed by atoms with Crippen molar-refractivity contribution in [1.29, 1.82) is 0 Å². The molecule has 5 nitrogen and oxygen atoms in total. The van der Waals surface area contributed by atoms with E-state index in [1.807, 2.05) is 43.3 Å². The molecule has 0 aliphatic heterocycles. The molecule has 2 aromatic heterocycles. The number of carbonyl (C=O) groups excluding carboxylic acids is 1. The number of nitrogens with one attached hydrogen (secondary N) is 2. The number of aryl methyl sites for hydroxylation is 1. The lowest BCUT2D eigenvalue weighted by Crippen LogP contribution is -2.23. The predicted octanol–water partition coefficient (Wildman–Crippen LogP) is 2.71. The molecule has 0 aliphatic rings. The van der Waals surface area contributed by atoms with Crippen LogP contribution >= 0.6 is 0 Å². The normalized spacial score (nSPS) is 10.4. The van der Waals surface area contributed by atoms with Gasteiger partial charge in [-0.25, -0.2) is 0 Å². The van der Waals surface area contributed by atoms with Gasteiger partial charge in [0.05, 0.1) is 17.5 Å². The van der Waals surface area contributed by atoms with E-state index < -0.39 is 0 Å². The molecular weight excluding hydrogens is 276 g/mol. The fourth-order valence-electron chi connectivity index (χ4n) is 2.26. The van der Waals surface area contributed by atoms with Crippen LogP contribution < -0.4 is 5.32 Å². The molecule has 0 bridgehead atoms. The standard InChI is InChI=1S/C17H16N4O/c1-12-4-2-6-14(8-12)16-15(11-20-21-16)17(22)19-10-13-5-3-7-18-9-13/h2-9,11H,10H2,1H3,(H,19,22)(H,20,21). The molecule has 2 N–H and O–H groups in total. The van der Waals surface area contributed by atoms with E-state index in [2.05, 4.69) is 20.5 Å². The minimum absolute atomic E-state index is 0.158. The first-order valence-electron chi connectivity index (χ1n) is 7.01. The van der Waals surface area contributed by atoms with Crippen LogP contribution in [-0.4, -0.2) is 21.1 Å². The summed E-state index contributed by atoms with van der Waals surface area (Å²) >= 11 is 0. The molecule has 0 aliphatic carbocycles. The minimum atomic E-state index is -0.158. The summed E-state index contributed by atoms with van der Waals surface area (Å²) < 4.78 is 0. The Morgan fingerprint density at radius 1 is 1.23 bits per heavy atom. The van der Waals surface area contributed by atoms with Gasteiger partial charge >= 0.3 is 0 Å². The van der Waals surface area contributed by atoms with Gasteiger partial charge in [-0.15, -0.1) is 0 Å². The summed E-state index contributed by atoms with van der Waals surface area (Å²) in [5, 5.41) is 9.80. The highest BCUT2D eigenvalue weighted by Gasteiger charge is 2.15. The molecule has 0 unspecified atom stereocenters. The van der Waals surface area contributed by atoms with E-state index in [1.54, 1.807) is 18.6 Å². The Bertz CT molecular complexity index is 780. The number of benzene rings is 1. The van der Waals surface area contributed by atoms with Gasteiger partial charge in [0.15, 0.2) is 0 Å². The molecule has 0 saturated heterocycles. The Balaban J connectivity index is 1.78. The lowest BCUT2D eigenvalue weighted by Gasteiger charge is -2.06. The van der Waals surface area contributed by atoms with Gasteiger partial charge in [-0.1, -0.05) is 29.8 Å². The number of aromatic nitrogens is 3. The van der Waals surface area contributed by atoms with E-state index in [0.29, 0.717) is 12.1 Å². The molecule has 0 saturated carbocycles. The van der Waals surface area contributed by atoms with Crippen molar-refractivity contribution < 1.29 is 4.79 Å². The summed E-state index contributed by atoms with van der Waals surface area (Å²) in [4.78, 5) is 16.4. The number of amides is 1. The van der Waals surface area contributed by atoms with Gasteiger partial charge in [-0.2, -0.15) is 5.10 Å². The molecule has 1 amide bonds. The van der Waals surface area contributed by atoms with E-state index in [0.717, 1.165) is 22.4 Å². The first-order valence-corrected chi connectivity index (χ1v) is 7.01. The Hall–Kier alpha value is -2.95. The molecule has 3 aromatic rings. The predicted molar refractivity (Wildman–Crippen MR) is 84.2 cm³/mol. The maximum Gasteiger partial charge on any atom is 0.255 e. The smallest absolute Gasteiger partial charge is 0.255 e. The van der Waals surface area contributed by atoms with Crippen LogP contribution in [0.25, 0.3) is 11.3 Å². The number of carbonyl (C=O) groups is 1. The SMILES string of the molecule is Cc1cccc(-c2[nH]ncc2C(=O)NCc2cccnc2)c1. The Kier molecular flexibility index (Phi) is 3.96. The third kappa shape index (κ3) is 3.03. The van der Waals surface area contributed by atoms with Gasteiger partial charge in [0.2, 0.25) is 0 Å². The van der Waals surface area contributed by atoms with Gasteiger partial charge in [-0.05, 0) is 24.6 Å². The fraction of sp³-hybridized carbons (Fsp3) is 0.118. The van der Waals surface area contributed by atoms with Crippen LogP contribution in [-0.2, 0) is 6.54 Å². The molecule has 3 rings (SSSR count). The number of H-pyrrole nitrogens is 1. The summed E-state index contributed by atoms with van der Waals surface area (Å²) in [6.45, 7) is 2.45. The van der Waals surface area contributed by atoms with Gasteiger partial charge in [0.25, 0.3) is 5.91 Å². The maximum atomic E-state index is 12.4. The van der Waals surface area contributed by atoms with E-state index in [4.69, 9.17) is 0 Å². The summed E-state index contributed by atoms with van der Waals surface area (Å²) in [5.41, 5.74) is 4.30. The summed E-state index contributed by atoms with van der Waals surface area (Å²) in [6.07, 6.45) is 4.99. The van der Waals surface area contributed by atoms with Gasteiger partial charge in [0, 0.05) is 24.5 Å². The maximum absolute atomic E-state index is 12.4. The summed E-state index contributed by atoms with van der Waals surface area (Å²) in [5.74, 6) is -0.158. The van der Waals surface area contributed by atoms with Crippen molar-refractivity contribution in [3.05, 3.63) is 71.7 Å². The number of nitrogens with zero attached hydrogens (tertiary/aromatic N) is 2. The lowest BCUT2D eigenvalue weighted by atomic mass is 10.1. The van der Waals surface area contributed by atoms with Crippen LogP contribution in [0.1, 0.15) is 21.5 Å². The molecular formula is C17H16N4O. The van der Waals surface area contributed by atoms with Crippen molar-refractivity contribution in [3.63, 3.8) is 0 Å². The second-order valence-corrected chi connectivity index (χ2v) is 5.07. The zero-order valence-electron chi connectivity index (χ0n) is 12.2. The molecule has 1 aromatic carbocycles. The highest BCUT2D eigenvalue weighted by molar-refractivity contribution is 5.99. The largest absolute Gasteiger partial charge is 0.348 e. The van der Waals surface area contributed by atoms with Crippen LogP contribution in [0.2, 0.25) is 0 Å². The summed E-state index contributed by atoms with van der Waals surface area (Å²) in [6, 6.07) is 11.7. The number of hydrogen-bond donors (Lipinski definition) is 2. The van der Waals surface area contributed by atoms with E-state index in [1.165, 1.54) is 0 Å². The van der Waals surface area contributed by atoms with Crippen molar-refractivity contribution in [2.45, 2.75) is 13.5 Å². The molecule has 0 radical (unpaired) electrons. The second-order valence-electron chi connectivity index (χ2n) is 5.07. The third-order valence-corrected chi connectivity index (χ3v) is 3.37.